The Bertz CT molecular complexity index is 789. The zero-order valence-corrected chi connectivity index (χ0v) is 13.8. The summed E-state index contributed by atoms with van der Waals surface area (Å²) in [4.78, 5) is 25.0. The number of alkyl halides is 3. The van der Waals surface area contributed by atoms with Crippen molar-refractivity contribution in [3.63, 3.8) is 0 Å². The third-order valence-corrected chi connectivity index (χ3v) is 3.54. The van der Waals surface area contributed by atoms with Crippen molar-refractivity contribution < 1.29 is 27.2 Å². The molecule has 0 atom stereocenters. The number of benzene rings is 2. The summed E-state index contributed by atoms with van der Waals surface area (Å²) in [5.74, 6) is -1.46. The molecule has 0 aromatic heterocycles. The van der Waals surface area contributed by atoms with Gasteiger partial charge in [0.05, 0.1) is 5.56 Å². The molecule has 2 amide bonds. The topological polar surface area (TPSA) is 49.4 Å². The Kier molecular flexibility index (Phi) is 5.97. The van der Waals surface area contributed by atoms with Crippen LogP contribution >= 0.6 is 0 Å². The maximum Gasteiger partial charge on any atom is 0.416 e. The molecule has 4 nitrogen and oxygen atoms in total. The number of amides is 2. The van der Waals surface area contributed by atoms with Crippen LogP contribution in [0.15, 0.2) is 48.5 Å². The van der Waals surface area contributed by atoms with Crippen molar-refractivity contribution in [1.82, 2.24) is 4.90 Å². The molecule has 0 aliphatic carbocycles. The van der Waals surface area contributed by atoms with Crippen molar-refractivity contribution in [3.05, 3.63) is 65.5 Å². The van der Waals surface area contributed by atoms with Gasteiger partial charge in [0.25, 0.3) is 0 Å². The summed E-state index contributed by atoms with van der Waals surface area (Å²) in [6, 6.07) is 9.64. The number of anilines is 1. The van der Waals surface area contributed by atoms with Gasteiger partial charge in [-0.3, -0.25) is 9.59 Å². The van der Waals surface area contributed by atoms with E-state index in [0.29, 0.717) is 5.56 Å². The summed E-state index contributed by atoms with van der Waals surface area (Å²) in [6.45, 7) is 0.996. The van der Waals surface area contributed by atoms with E-state index in [1.807, 2.05) is 0 Å². The first-order chi connectivity index (χ1) is 12.1. The molecule has 2 aromatic rings. The molecule has 0 aliphatic heterocycles. The van der Waals surface area contributed by atoms with Crippen LogP contribution in [0.1, 0.15) is 18.1 Å². The molecule has 0 heterocycles. The lowest BCUT2D eigenvalue weighted by Gasteiger charge is -2.21. The van der Waals surface area contributed by atoms with Gasteiger partial charge in [0, 0.05) is 19.2 Å². The molecule has 2 rings (SSSR count). The minimum Gasteiger partial charge on any atom is -0.329 e. The van der Waals surface area contributed by atoms with Crippen LogP contribution in [-0.2, 0) is 22.3 Å². The predicted molar refractivity (Wildman–Crippen MR) is 87.6 cm³/mol. The van der Waals surface area contributed by atoms with Crippen molar-refractivity contribution in [3.8, 4) is 0 Å². The number of hydrogen-bond acceptors (Lipinski definition) is 2. The molecule has 1 N–H and O–H groups in total. The third kappa shape index (κ3) is 5.58. The first-order valence-electron chi connectivity index (χ1n) is 7.62. The Labute approximate surface area is 147 Å². The maximum atomic E-state index is 12.9. The van der Waals surface area contributed by atoms with E-state index in [1.54, 1.807) is 0 Å². The molecule has 0 aliphatic rings. The van der Waals surface area contributed by atoms with E-state index in [1.165, 1.54) is 48.2 Å². The Hall–Kier alpha value is -2.90. The number of carbonyl (C=O) groups is 2. The largest absolute Gasteiger partial charge is 0.416 e. The molecule has 0 radical (unpaired) electrons. The fraction of sp³-hybridized carbons (Fsp3) is 0.222. The molecular formula is C18H16F4N2O2. The molecule has 138 valence electrons. The second-order valence-corrected chi connectivity index (χ2v) is 5.63. The van der Waals surface area contributed by atoms with Gasteiger partial charge in [0.2, 0.25) is 11.8 Å². The molecule has 2 aromatic carbocycles. The van der Waals surface area contributed by atoms with Crippen LogP contribution in [0.4, 0.5) is 23.2 Å². The average molecular weight is 368 g/mol. The summed E-state index contributed by atoms with van der Waals surface area (Å²) in [5.41, 5.74) is -0.284. The van der Waals surface area contributed by atoms with Gasteiger partial charge >= 0.3 is 6.18 Å². The number of nitrogens with zero attached hydrogens (tertiary/aromatic N) is 1. The normalized spacial score (nSPS) is 11.1. The molecular weight excluding hydrogens is 352 g/mol. The van der Waals surface area contributed by atoms with Gasteiger partial charge < -0.3 is 10.2 Å². The number of carbonyl (C=O) groups excluding carboxylic acids is 2. The highest BCUT2D eigenvalue weighted by molar-refractivity contribution is 5.94. The average Bonchev–Trinajstić information content (AvgIpc) is 2.55. The molecule has 0 saturated heterocycles. The van der Waals surface area contributed by atoms with E-state index in [9.17, 15) is 27.2 Å². The van der Waals surface area contributed by atoms with Crippen LogP contribution in [0.2, 0.25) is 0 Å². The van der Waals surface area contributed by atoms with Gasteiger partial charge in [0.1, 0.15) is 12.4 Å². The molecule has 0 unspecified atom stereocenters. The van der Waals surface area contributed by atoms with Crippen LogP contribution in [0.5, 0.6) is 0 Å². The second-order valence-electron chi connectivity index (χ2n) is 5.63. The Morgan fingerprint density at radius 1 is 1.08 bits per heavy atom. The second kappa shape index (κ2) is 7.99. The third-order valence-electron chi connectivity index (χ3n) is 3.54. The van der Waals surface area contributed by atoms with Gasteiger partial charge in [-0.05, 0) is 35.9 Å². The highest BCUT2D eigenvalue weighted by Gasteiger charge is 2.30. The minimum absolute atomic E-state index is 0.0184. The molecule has 26 heavy (non-hydrogen) atoms. The number of hydrogen-bond donors (Lipinski definition) is 1. The number of rotatable bonds is 5. The summed E-state index contributed by atoms with van der Waals surface area (Å²) in [6.07, 6.45) is -4.52. The van der Waals surface area contributed by atoms with Crippen LogP contribution < -0.4 is 5.32 Å². The van der Waals surface area contributed by atoms with Crippen molar-refractivity contribution in [2.45, 2.75) is 19.6 Å². The van der Waals surface area contributed by atoms with Gasteiger partial charge in [-0.2, -0.15) is 13.2 Å². The van der Waals surface area contributed by atoms with E-state index in [4.69, 9.17) is 0 Å². The molecule has 8 heteroatoms. The molecule has 0 fully saturated rings. The first-order valence-corrected chi connectivity index (χ1v) is 7.62. The highest BCUT2D eigenvalue weighted by atomic mass is 19.4. The van der Waals surface area contributed by atoms with Crippen molar-refractivity contribution in [2.75, 3.05) is 11.9 Å². The highest BCUT2D eigenvalue weighted by Crippen LogP contribution is 2.30. The SMILES string of the molecule is CC(=O)N(CC(=O)Nc1cccc(C(F)(F)F)c1)Cc1ccc(F)cc1. The van der Waals surface area contributed by atoms with E-state index in [2.05, 4.69) is 5.32 Å². The van der Waals surface area contributed by atoms with E-state index >= 15 is 0 Å². The summed E-state index contributed by atoms with van der Waals surface area (Å²) in [7, 11) is 0. The lowest BCUT2D eigenvalue weighted by molar-refractivity contribution is -0.137. The predicted octanol–water partition coefficient (Wildman–Crippen LogP) is 3.83. The van der Waals surface area contributed by atoms with Gasteiger partial charge in [-0.25, -0.2) is 4.39 Å². The Morgan fingerprint density at radius 3 is 2.31 bits per heavy atom. The van der Waals surface area contributed by atoms with Gasteiger partial charge in [0.15, 0.2) is 0 Å². The lowest BCUT2D eigenvalue weighted by Crippen LogP contribution is -2.36. The Morgan fingerprint density at radius 2 is 1.73 bits per heavy atom. The fourth-order valence-electron chi connectivity index (χ4n) is 2.24. The first kappa shape index (κ1) is 19.4. The lowest BCUT2D eigenvalue weighted by atomic mass is 10.2. The van der Waals surface area contributed by atoms with Crippen LogP contribution in [0.25, 0.3) is 0 Å². The standard InChI is InChI=1S/C18H16F4N2O2/c1-12(25)24(10-13-5-7-15(19)8-6-13)11-17(26)23-16-4-2-3-14(9-16)18(20,21)22/h2-9H,10-11H2,1H3,(H,23,26). The van der Waals surface area contributed by atoms with Gasteiger partial charge in [-0.15, -0.1) is 0 Å². The number of nitrogens with one attached hydrogen (secondary N) is 1. The van der Waals surface area contributed by atoms with E-state index in [-0.39, 0.29) is 18.8 Å². The van der Waals surface area contributed by atoms with Crippen molar-refractivity contribution in [2.24, 2.45) is 0 Å². The maximum absolute atomic E-state index is 12.9. The van der Waals surface area contributed by atoms with E-state index in [0.717, 1.165) is 12.1 Å². The molecule has 0 bridgehead atoms. The quantitative estimate of drug-likeness (QED) is 0.816. The fourth-order valence-corrected chi connectivity index (χ4v) is 2.24. The van der Waals surface area contributed by atoms with Crippen molar-refractivity contribution >= 4 is 17.5 Å². The summed E-state index contributed by atoms with van der Waals surface area (Å²) >= 11 is 0. The van der Waals surface area contributed by atoms with Crippen LogP contribution in [0.3, 0.4) is 0 Å². The summed E-state index contributed by atoms with van der Waals surface area (Å²) < 4.78 is 51.0. The van der Waals surface area contributed by atoms with Crippen LogP contribution in [0, 0.1) is 5.82 Å². The molecule has 0 saturated carbocycles. The van der Waals surface area contributed by atoms with Gasteiger partial charge in [-0.1, -0.05) is 18.2 Å². The van der Waals surface area contributed by atoms with Crippen molar-refractivity contribution in [1.29, 1.82) is 0 Å². The monoisotopic (exact) mass is 368 g/mol. The zero-order valence-electron chi connectivity index (χ0n) is 13.8. The summed E-state index contributed by atoms with van der Waals surface area (Å²) in [5, 5.41) is 2.34. The Balaban J connectivity index is 2.04. The van der Waals surface area contributed by atoms with E-state index < -0.39 is 29.4 Å². The smallest absolute Gasteiger partial charge is 0.329 e. The molecule has 0 spiro atoms. The van der Waals surface area contributed by atoms with Crippen LogP contribution in [-0.4, -0.2) is 23.3 Å². The number of halogens is 4. The minimum atomic E-state index is -4.52. The zero-order chi connectivity index (χ0) is 19.3.